The number of benzene rings is 1. The minimum atomic E-state index is -0.582. The van der Waals surface area contributed by atoms with E-state index >= 15 is 0 Å². The highest BCUT2D eigenvalue weighted by Crippen LogP contribution is 2.34. The van der Waals surface area contributed by atoms with Crippen LogP contribution in [-0.2, 0) is 6.54 Å². The minimum absolute atomic E-state index is 0.00852. The molecule has 1 aliphatic heterocycles. The van der Waals surface area contributed by atoms with Crippen molar-refractivity contribution in [3.05, 3.63) is 59.2 Å². The molecule has 134 valence electrons. The van der Waals surface area contributed by atoms with E-state index in [2.05, 4.69) is 47.8 Å². The molecule has 1 aromatic heterocycles. The second-order valence-electron chi connectivity index (χ2n) is 7.24. The third kappa shape index (κ3) is 3.73. The highest BCUT2D eigenvalue weighted by atomic mass is 16.3. The maximum Gasteiger partial charge on any atom is 0.130 e. The molecule has 0 aliphatic carbocycles. The monoisotopic (exact) mass is 341 g/mol. The summed E-state index contributed by atoms with van der Waals surface area (Å²) in [5.74, 6) is 1.15. The van der Waals surface area contributed by atoms with Crippen molar-refractivity contribution in [3.63, 3.8) is 0 Å². The van der Waals surface area contributed by atoms with Crippen LogP contribution in [0.2, 0.25) is 0 Å². The van der Waals surface area contributed by atoms with Gasteiger partial charge in [0.05, 0.1) is 18.8 Å². The van der Waals surface area contributed by atoms with Crippen LogP contribution in [0, 0.1) is 6.92 Å². The van der Waals surface area contributed by atoms with Gasteiger partial charge in [-0.2, -0.15) is 0 Å². The molecule has 1 fully saturated rings. The van der Waals surface area contributed by atoms with Crippen LogP contribution in [0.1, 0.15) is 48.2 Å². The largest absolute Gasteiger partial charge is 0.395 e. The topological polar surface area (TPSA) is 69.5 Å². The molecule has 0 unspecified atom stereocenters. The maximum atomic E-state index is 10.8. The summed E-state index contributed by atoms with van der Waals surface area (Å²) in [6, 6.07) is 7.88. The van der Waals surface area contributed by atoms with Gasteiger partial charge in [0, 0.05) is 42.9 Å². The highest BCUT2D eigenvalue weighted by Gasteiger charge is 2.41. The first-order valence-electron chi connectivity index (χ1n) is 8.90. The lowest BCUT2D eigenvalue weighted by molar-refractivity contribution is 0.0640. The number of hydrogen-bond acceptors (Lipinski definition) is 5. The van der Waals surface area contributed by atoms with Crippen LogP contribution in [0.25, 0.3) is 0 Å². The Balaban J connectivity index is 1.78. The normalized spacial score (nSPS) is 24.2. The zero-order valence-electron chi connectivity index (χ0n) is 15.1. The first-order chi connectivity index (χ1) is 12.0. The molecule has 2 aromatic rings. The Labute approximate surface area is 149 Å². The van der Waals surface area contributed by atoms with Crippen molar-refractivity contribution < 1.29 is 10.2 Å². The molecule has 5 nitrogen and oxygen atoms in total. The molecule has 2 heterocycles. The fraction of sp³-hybridized carbons (Fsp3) is 0.500. The van der Waals surface area contributed by atoms with E-state index in [1.807, 2.05) is 24.5 Å². The molecule has 1 aliphatic rings. The zero-order chi connectivity index (χ0) is 18.0. The Kier molecular flexibility index (Phi) is 5.47. The van der Waals surface area contributed by atoms with Gasteiger partial charge in [-0.05, 0) is 18.1 Å². The number of aryl methyl sites for hydroxylation is 1. The smallest absolute Gasteiger partial charge is 0.130 e. The lowest BCUT2D eigenvalue weighted by Gasteiger charge is -2.24. The van der Waals surface area contributed by atoms with Gasteiger partial charge >= 0.3 is 0 Å². The van der Waals surface area contributed by atoms with Crippen LogP contribution in [0.15, 0.2) is 36.7 Å². The van der Waals surface area contributed by atoms with E-state index in [1.165, 1.54) is 5.56 Å². The number of hydrogen-bond donors (Lipinski definition) is 2. The van der Waals surface area contributed by atoms with E-state index in [4.69, 9.17) is 0 Å². The fourth-order valence-electron chi connectivity index (χ4n) is 3.65. The summed E-state index contributed by atoms with van der Waals surface area (Å²) in [5, 5.41) is 20.6. The van der Waals surface area contributed by atoms with Crippen LogP contribution < -0.4 is 0 Å². The van der Waals surface area contributed by atoms with E-state index in [0.29, 0.717) is 19.0 Å². The summed E-state index contributed by atoms with van der Waals surface area (Å²) in [6.45, 7) is 7.48. The van der Waals surface area contributed by atoms with Crippen LogP contribution in [0.5, 0.6) is 0 Å². The lowest BCUT2D eigenvalue weighted by Crippen LogP contribution is -2.38. The SMILES string of the molecule is Cc1ccccc1[C@H]1CN(Cc2cnc(C(C)C)nc2)[C@H](CO)[C@@H]1O. The summed E-state index contributed by atoms with van der Waals surface area (Å²) in [7, 11) is 0. The third-order valence-corrected chi connectivity index (χ3v) is 5.11. The zero-order valence-corrected chi connectivity index (χ0v) is 15.1. The van der Waals surface area contributed by atoms with Gasteiger partial charge in [0.25, 0.3) is 0 Å². The maximum absolute atomic E-state index is 10.8. The molecule has 1 aromatic carbocycles. The minimum Gasteiger partial charge on any atom is -0.395 e. The molecule has 3 atom stereocenters. The number of likely N-dealkylation sites (tertiary alicyclic amines) is 1. The molecular weight excluding hydrogens is 314 g/mol. The molecule has 0 radical (unpaired) electrons. The first-order valence-corrected chi connectivity index (χ1v) is 8.90. The van der Waals surface area contributed by atoms with Gasteiger partial charge in [-0.15, -0.1) is 0 Å². The molecule has 2 N–H and O–H groups in total. The quantitative estimate of drug-likeness (QED) is 0.873. The van der Waals surface area contributed by atoms with Crippen LogP contribution in [-0.4, -0.2) is 50.4 Å². The van der Waals surface area contributed by atoms with Crippen LogP contribution >= 0.6 is 0 Å². The second-order valence-corrected chi connectivity index (χ2v) is 7.24. The Morgan fingerprint density at radius 1 is 1.20 bits per heavy atom. The van der Waals surface area contributed by atoms with Crippen LogP contribution in [0.4, 0.5) is 0 Å². The Morgan fingerprint density at radius 2 is 1.88 bits per heavy atom. The number of aromatic nitrogens is 2. The molecule has 0 bridgehead atoms. The van der Waals surface area contributed by atoms with Gasteiger partial charge in [-0.3, -0.25) is 4.90 Å². The Bertz CT molecular complexity index is 702. The van der Waals surface area contributed by atoms with Gasteiger partial charge in [0.2, 0.25) is 0 Å². The van der Waals surface area contributed by atoms with E-state index in [9.17, 15) is 10.2 Å². The van der Waals surface area contributed by atoms with Gasteiger partial charge < -0.3 is 10.2 Å². The molecule has 0 amide bonds. The van der Waals surface area contributed by atoms with Crippen LogP contribution in [0.3, 0.4) is 0 Å². The Hall–Kier alpha value is -1.82. The van der Waals surface area contributed by atoms with Crippen molar-refractivity contribution in [2.45, 2.75) is 51.3 Å². The van der Waals surface area contributed by atoms with Crippen molar-refractivity contribution in [2.75, 3.05) is 13.2 Å². The molecule has 0 spiro atoms. The summed E-state index contributed by atoms with van der Waals surface area (Å²) in [4.78, 5) is 11.0. The van der Waals surface area contributed by atoms with Crippen molar-refractivity contribution in [1.29, 1.82) is 0 Å². The first kappa shape index (κ1) is 18.0. The van der Waals surface area contributed by atoms with Crippen molar-refractivity contribution in [2.24, 2.45) is 0 Å². The Morgan fingerprint density at radius 3 is 2.48 bits per heavy atom. The number of aliphatic hydroxyl groups excluding tert-OH is 2. The fourth-order valence-corrected chi connectivity index (χ4v) is 3.65. The molecule has 0 saturated carbocycles. The molecule has 5 heteroatoms. The number of rotatable bonds is 5. The summed E-state index contributed by atoms with van der Waals surface area (Å²) in [6.07, 6.45) is 3.12. The van der Waals surface area contributed by atoms with Gasteiger partial charge in [-0.25, -0.2) is 9.97 Å². The molecule has 3 rings (SSSR count). The predicted molar refractivity (Wildman–Crippen MR) is 97.3 cm³/mol. The van der Waals surface area contributed by atoms with Gasteiger partial charge in [0.15, 0.2) is 0 Å². The summed E-state index contributed by atoms with van der Waals surface area (Å²) in [5.41, 5.74) is 3.33. The van der Waals surface area contributed by atoms with Gasteiger partial charge in [0.1, 0.15) is 5.82 Å². The summed E-state index contributed by atoms with van der Waals surface area (Å²) >= 11 is 0. The predicted octanol–water partition coefficient (Wildman–Crippen LogP) is 2.23. The second kappa shape index (κ2) is 7.60. The van der Waals surface area contributed by atoms with E-state index in [0.717, 1.165) is 17.0 Å². The third-order valence-electron chi connectivity index (χ3n) is 5.11. The molecule has 1 saturated heterocycles. The van der Waals surface area contributed by atoms with Gasteiger partial charge in [-0.1, -0.05) is 38.1 Å². The van der Waals surface area contributed by atoms with E-state index < -0.39 is 6.10 Å². The summed E-state index contributed by atoms with van der Waals surface area (Å²) < 4.78 is 0. The number of nitrogens with zero attached hydrogens (tertiary/aromatic N) is 3. The average Bonchev–Trinajstić information content (AvgIpc) is 2.91. The van der Waals surface area contributed by atoms with Crippen molar-refractivity contribution in [1.82, 2.24) is 14.9 Å². The van der Waals surface area contributed by atoms with Crippen molar-refractivity contribution in [3.8, 4) is 0 Å². The standard InChI is InChI=1S/C20H27N3O2/c1-13(2)20-21-8-15(9-22-20)10-23-11-17(19(25)18(23)12-24)16-7-5-4-6-14(16)3/h4-9,13,17-19,24-25H,10-12H2,1-3H3/t17-,18-,19-/m1/s1. The van der Waals surface area contributed by atoms with E-state index in [-0.39, 0.29) is 18.6 Å². The van der Waals surface area contributed by atoms with Crippen molar-refractivity contribution >= 4 is 0 Å². The molecular formula is C20H27N3O2. The van der Waals surface area contributed by atoms with E-state index in [1.54, 1.807) is 0 Å². The lowest BCUT2D eigenvalue weighted by atomic mass is 9.90. The molecule has 25 heavy (non-hydrogen) atoms. The average molecular weight is 341 g/mol. The number of aliphatic hydroxyl groups is 2. The highest BCUT2D eigenvalue weighted by molar-refractivity contribution is 5.32.